The average Bonchev–Trinajstić information content (AvgIpc) is 3.17. The molecule has 0 radical (unpaired) electrons. The smallest absolute Gasteiger partial charge is 0.236 e. The fraction of sp³-hybridized carbons (Fsp3) is 0.579. The first-order chi connectivity index (χ1) is 12.2. The highest BCUT2D eigenvalue weighted by atomic mass is 16.5. The van der Waals surface area contributed by atoms with E-state index in [1.807, 2.05) is 34.1 Å². The van der Waals surface area contributed by atoms with Crippen molar-refractivity contribution >= 4 is 11.8 Å². The second kappa shape index (κ2) is 8.34. The summed E-state index contributed by atoms with van der Waals surface area (Å²) in [6, 6.07) is 7.64. The van der Waals surface area contributed by atoms with Crippen LogP contribution in [0.5, 0.6) is 5.75 Å². The van der Waals surface area contributed by atoms with E-state index < -0.39 is 0 Å². The number of hydrogen-bond acceptors (Lipinski definition) is 4. The maximum atomic E-state index is 12.5. The van der Waals surface area contributed by atoms with E-state index in [0.29, 0.717) is 26.1 Å². The van der Waals surface area contributed by atoms with Gasteiger partial charge in [0, 0.05) is 39.3 Å². The van der Waals surface area contributed by atoms with Gasteiger partial charge in [0.05, 0.1) is 20.1 Å². The molecule has 25 heavy (non-hydrogen) atoms. The number of benzene rings is 1. The van der Waals surface area contributed by atoms with E-state index in [9.17, 15) is 9.59 Å². The summed E-state index contributed by atoms with van der Waals surface area (Å²) in [4.78, 5) is 30.7. The highest BCUT2D eigenvalue weighted by Crippen LogP contribution is 2.15. The molecule has 0 aliphatic carbocycles. The summed E-state index contributed by atoms with van der Waals surface area (Å²) in [7, 11) is 1.63. The highest BCUT2D eigenvalue weighted by Gasteiger charge is 2.25. The summed E-state index contributed by atoms with van der Waals surface area (Å²) in [6.07, 6.45) is 2.64. The fourth-order valence-electron chi connectivity index (χ4n) is 3.48. The Labute approximate surface area is 149 Å². The van der Waals surface area contributed by atoms with Gasteiger partial charge in [-0.05, 0) is 30.5 Å². The van der Waals surface area contributed by atoms with Gasteiger partial charge in [-0.15, -0.1) is 0 Å². The number of likely N-dealkylation sites (tertiary alicyclic amines) is 1. The van der Waals surface area contributed by atoms with Gasteiger partial charge >= 0.3 is 0 Å². The third kappa shape index (κ3) is 4.72. The van der Waals surface area contributed by atoms with E-state index in [2.05, 4.69) is 4.90 Å². The molecule has 0 atom stereocenters. The summed E-state index contributed by atoms with van der Waals surface area (Å²) in [5.41, 5.74) is 0.969. The number of hydrogen-bond donors (Lipinski definition) is 0. The predicted molar refractivity (Wildman–Crippen MR) is 95.5 cm³/mol. The molecule has 1 aromatic carbocycles. The van der Waals surface area contributed by atoms with E-state index in [0.717, 1.165) is 50.3 Å². The molecule has 6 heteroatoms. The van der Waals surface area contributed by atoms with Gasteiger partial charge in [0.1, 0.15) is 5.75 Å². The summed E-state index contributed by atoms with van der Waals surface area (Å²) in [5.74, 6) is 1.14. The number of methoxy groups -OCH3 is 1. The molecule has 0 N–H and O–H groups in total. The van der Waals surface area contributed by atoms with Gasteiger partial charge in [-0.1, -0.05) is 12.1 Å². The van der Waals surface area contributed by atoms with Crippen molar-refractivity contribution in [1.29, 1.82) is 0 Å². The molecule has 3 rings (SSSR count). The zero-order chi connectivity index (χ0) is 17.6. The first kappa shape index (κ1) is 17.7. The molecule has 2 aliphatic rings. The highest BCUT2D eigenvalue weighted by molar-refractivity contribution is 5.79. The van der Waals surface area contributed by atoms with Crippen LogP contribution in [-0.2, 0) is 16.0 Å². The van der Waals surface area contributed by atoms with E-state index in [1.165, 1.54) is 0 Å². The van der Waals surface area contributed by atoms with Crippen LogP contribution in [0.1, 0.15) is 18.4 Å². The molecule has 1 aromatic rings. The second-order valence-electron chi connectivity index (χ2n) is 6.77. The Morgan fingerprint density at radius 2 is 1.64 bits per heavy atom. The van der Waals surface area contributed by atoms with Gasteiger partial charge in [-0.2, -0.15) is 0 Å². The van der Waals surface area contributed by atoms with Gasteiger partial charge < -0.3 is 14.5 Å². The van der Waals surface area contributed by atoms with Crippen molar-refractivity contribution in [2.75, 3.05) is 52.9 Å². The molecular weight excluding hydrogens is 318 g/mol. The molecule has 2 amide bonds. The zero-order valence-electron chi connectivity index (χ0n) is 14.9. The topological polar surface area (TPSA) is 53.1 Å². The van der Waals surface area contributed by atoms with E-state index in [1.54, 1.807) is 7.11 Å². The molecule has 2 fully saturated rings. The molecule has 0 unspecified atom stereocenters. The normalized spacial score (nSPS) is 18.4. The number of ether oxygens (including phenoxy) is 1. The van der Waals surface area contributed by atoms with Crippen LogP contribution in [0.3, 0.4) is 0 Å². The minimum atomic E-state index is 0.138. The summed E-state index contributed by atoms with van der Waals surface area (Å²) < 4.78 is 5.21. The lowest BCUT2D eigenvalue weighted by atomic mass is 10.1. The first-order valence-electron chi connectivity index (χ1n) is 9.06. The second-order valence-corrected chi connectivity index (χ2v) is 6.77. The van der Waals surface area contributed by atoms with Crippen molar-refractivity contribution in [2.24, 2.45) is 0 Å². The minimum Gasteiger partial charge on any atom is -0.497 e. The van der Waals surface area contributed by atoms with Crippen LogP contribution < -0.4 is 4.74 Å². The third-order valence-electron chi connectivity index (χ3n) is 5.03. The van der Waals surface area contributed by atoms with Crippen LogP contribution >= 0.6 is 0 Å². The van der Waals surface area contributed by atoms with Crippen LogP contribution in [-0.4, -0.2) is 79.4 Å². The van der Waals surface area contributed by atoms with E-state index in [-0.39, 0.29) is 11.8 Å². The Balaban J connectivity index is 1.44. The van der Waals surface area contributed by atoms with Crippen LogP contribution in [0.4, 0.5) is 0 Å². The van der Waals surface area contributed by atoms with Gasteiger partial charge in [0.25, 0.3) is 0 Å². The molecule has 2 heterocycles. The van der Waals surface area contributed by atoms with Crippen molar-refractivity contribution in [3.63, 3.8) is 0 Å². The Morgan fingerprint density at radius 3 is 2.32 bits per heavy atom. The monoisotopic (exact) mass is 345 g/mol. The SMILES string of the molecule is COc1cccc(CC(=O)N2CCN(CC(=O)N3CCCC3)CC2)c1. The Hall–Kier alpha value is -2.08. The van der Waals surface area contributed by atoms with Gasteiger partial charge in [0.15, 0.2) is 0 Å². The lowest BCUT2D eigenvalue weighted by molar-refractivity contribution is -0.134. The number of carbonyl (C=O) groups excluding carboxylic acids is 2. The van der Waals surface area contributed by atoms with Crippen LogP contribution in [0, 0.1) is 0 Å². The largest absolute Gasteiger partial charge is 0.497 e. The van der Waals surface area contributed by atoms with Crippen molar-refractivity contribution in [2.45, 2.75) is 19.3 Å². The maximum Gasteiger partial charge on any atom is 0.236 e. The molecule has 6 nitrogen and oxygen atoms in total. The molecule has 0 spiro atoms. The van der Waals surface area contributed by atoms with Crippen molar-refractivity contribution < 1.29 is 14.3 Å². The molecule has 0 saturated carbocycles. The van der Waals surface area contributed by atoms with Crippen molar-refractivity contribution in [1.82, 2.24) is 14.7 Å². The van der Waals surface area contributed by atoms with Gasteiger partial charge in [0.2, 0.25) is 11.8 Å². The van der Waals surface area contributed by atoms with E-state index >= 15 is 0 Å². The molecule has 0 aromatic heterocycles. The van der Waals surface area contributed by atoms with Crippen LogP contribution in [0.2, 0.25) is 0 Å². The maximum absolute atomic E-state index is 12.5. The van der Waals surface area contributed by atoms with Crippen LogP contribution in [0.15, 0.2) is 24.3 Å². The van der Waals surface area contributed by atoms with Gasteiger partial charge in [-0.25, -0.2) is 0 Å². The summed E-state index contributed by atoms with van der Waals surface area (Å²) in [6.45, 7) is 5.20. The minimum absolute atomic E-state index is 0.138. The van der Waals surface area contributed by atoms with Gasteiger partial charge in [-0.3, -0.25) is 14.5 Å². The van der Waals surface area contributed by atoms with Crippen molar-refractivity contribution in [3.05, 3.63) is 29.8 Å². The third-order valence-corrected chi connectivity index (χ3v) is 5.03. The quantitative estimate of drug-likeness (QED) is 0.799. The molecule has 0 bridgehead atoms. The number of rotatable bonds is 5. The Kier molecular flexibility index (Phi) is 5.91. The Morgan fingerprint density at radius 1 is 0.960 bits per heavy atom. The Bertz CT molecular complexity index is 606. The first-order valence-corrected chi connectivity index (χ1v) is 9.06. The number of nitrogens with zero attached hydrogens (tertiary/aromatic N) is 3. The summed E-state index contributed by atoms with van der Waals surface area (Å²) in [5, 5.41) is 0. The van der Waals surface area contributed by atoms with Crippen molar-refractivity contribution in [3.8, 4) is 5.75 Å². The number of amides is 2. The number of piperazine rings is 1. The predicted octanol–water partition coefficient (Wildman–Crippen LogP) is 1.00. The number of carbonyl (C=O) groups is 2. The van der Waals surface area contributed by atoms with E-state index in [4.69, 9.17) is 4.74 Å². The van der Waals surface area contributed by atoms with Crippen LogP contribution in [0.25, 0.3) is 0 Å². The molecule has 136 valence electrons. The zero-order valence-corrected chi connectivity index (χ0v) is 14.9. The lowest BCUT2D eigenvalue weighted by Gasteiger charge is -2.35. The standard InChI is InChI=1S/C19H27N3O3/c1-25-17-6-4-5-16(13-17)14-18(23)22-11-9-20(10-12-22)15-19(24)21-7-2-3-8-21/h4-6,13H,2-3,7-12,14-15H2,1H3. The average molecular weight is 345 g/mol. The molecule has 2 aliphatic heterocycles. The fourth-order valence-corrected chi connectivity index (χ4v) is 3.48. The molecular formula is C19H27N3O3. The molecule has 2 saturated heterocycles. The summed E-state index contributed by atoms with van der Waals surface area (Å²) >= 11 is 0. The lowest BCUT2D eigenvalue weighted by Crippen LogP contribution is -2.51.